The molecule has 1 heterocycles. The zero-order valence-corrected chi connectivity index (χ0v) is 9.76. The Bertz CT molecular complexity index is 171. The number of rotatable bonds is 3. The maximum absolute atomic E-state index is 13.0. The molecule has 0 radical (unpaired) electrons. The van der Waals surface area contributed by atoms with Crippen molar-refractivity contribution in [2.24, 2.45) is 0 Å². The van der Waals surface area contributed by atoms with Gasteiger partial charge in [0, 0.05) is 12.6 Å². The number of nitrogens with zero attached hydrogens (tertiary/aromatic N) is 1. The molecule has 0 spiro atoms. The van der Waals surface area contributed by atoms with Crippen LogP contribution in [0.15, 0.2) is 0 Å². The fraction of sp³-hybridized carbons (Fsp3) is 1.00. The standard InChI is InChI=1S/C9H20FNOSi/c1-13(2,3)7-11-5-8(10)4-9(11)6-12/h8-9,12H,4-7H2,1-3H3. The Morgan fingerprint density at radius 3 is 2.54 bits per heavy atom. The largest absolute Gasteiger partial charge is 0.395 e. The van der Waals surface area contributed by atoms with Crippen LogP contribution in [0.3, 0.4) is 0 Å². The number of aliphatic hydroxyl groups is 1. The second-order valence-corrected chi connectivity index (χ2v) is 10.6. The van der Waals surface area contributed by atoms with Crippen LogP contribution in [0, 0.1) is 0 Å². The van der Waals surface area contributed by atoms with Gasteiger partial charge in [0.25, 0.3) is 0 Å². The zero-order valence-electron chi connectivity index (χ0n) is 8.76. The molecule has 0 saturated carbocycles. The molecule has 4 heteroatoms. The summed E-state index contributed by atoms with van der Waals surface area (Å²) in [5, 5.41) is 9.06. The number of aliphatic hydroxyl groups excluding tert-OH is 1. The van der Waals surface area contributed by atoms with Gasteiger partial charge in [-0.1, -0.05) is 19.6 Å². The number of alkyl halides is 1. The first-order chi connectivity index (χ1) is 5.92. The molecule has 2 unspecified atom stereocenters. The maximum atomic E-state index is 13.0. The van der Waals surface area contributed by atoms with Crippen molar-refractivity contribution in [3.05, 3.63) is 0 Å². The number of hydrogen-bond donors (Lipinski definition) is 1. The van der Waals surface area contributed by atoms with Crippen LogP contribution in [-0.4, -0.2) is 49.6 Å². The SMILES string of the molecule is C[Si](C)(C)CN1CC(F)CC1CO. The molecule has 1 aliphatic heterocycles. The van der Waals surface area contributed by atoms with E-state index in [0.29, 0.717) is 13.0 Å². The Morgan fingerprint density at radius 1 is 1.46 bits per heavy atom. The lowest BCUT2D eigenvalue weighted by Crippen LogP contribution is -2.44. The molecule has 1 saturated heterocycles. The van der Waals surface area contributed by atoms with Crippen LogP contribution in [0.2, 0.25) is 19.6 Å². The van der Waals surface area contributed by atoms with Crippen molar-refractivity contribution in [1.29, 1.82) is 0 Å². The molecule has 0 bridgehead atoms. The summed E-state index contributed by atoms with van der Waals surface area (Å²) in [4.78, 5) is 2.12. The molecule has 1 fully saturated rings. The van der Waals surface area contributed by atoms with Crippen LogP contribution in [0.1, 0.15) is 6.42 Å². The molecule has 0 aliphatic carbocycles. The fourth-order valence-corrected chi connectivity index (χ4v) is 3.52. The monoisotopic (exact) mass is 205 g/mol. The minimum atomic E-state index is -1.16. The summed E-state index contributed by atoms with van der Waals surface area (Å²) in [6, 6.07) is 0.0710. The highest BCUT2D eigenvalue weighted by atomic mass is 28.3. The van der Waals surface area contributed by atoms with Gasteiger partial charge in [0.1, 0.15) is 6.17 Å². The zero-order chi connectivity index (χ0) is 10.1. The predicted octanol–water partition coefficient (Wildman–Crippen LogP) is 1.27. The second kappa shape index (κ2) is 4.07. The lowest BCUT2D eigenvalue weighted by molar-refractivity contribution is 0.173. The summed E-state index contributed by atoms with van der Waals surface area (Å²) >= 11 is 0. The Balaban J connectivity index is 2.49. The third-order valence-electron chi connectivity index (χ3n) is 2.37. The molecule has 0 aromatic carbocycles. The van der Waals surface area contributed by atoms with E-state index in [1.54, 1.807) is 0 Å². The molecule has 0 amide bonds. The first-order valence-corrected chi connectivity index (χ1v) is 8.62. The van der Waals surface area contributed by atoms with Gasteiger partial charge in [0.2, 0.25) is 0 Å². The highest BCUT2D eigenvalue weighted by Crippen LogP contribution is 2.21. The Kier molecular flexibility index (Phi) is 3.48. The molecule has 1 aliphatic rings. The molecular formula is C9H20FNOSi. The van der Waals surface area contributed by atoms with E-state index in [4.69, 9.17) is 5.11 Å². The van der Waals surface area contributed by atoms with Crippen LogP contribution in [0.25, 0.3) is 0 Å². The summed E-state index contributed by atoms with van der Waals surface area (Å²) in [6.07, 6.45) is 0.785. The molecule has 1 N–H and O–H groups in total. The van der Waals surface area contributed by atoms with E-state index in [1.807, 2.05) is 0 Å². The Hall–Kier alpha value is 0.0669. The minimum absolute atomic E-state index is 0.0710. The van der Waals surface area contributed by atoms with Crippen molar-refractivity contribution in [3.8, 4) is 0 Å². The molecule has 0 aromatic rings. The minimum Gasteiger partial charge on any atom is -0.395 e. The van der Waals surface area contributed by atoms with Crippen molar-refractivity contribution < 1.29 is 9.50 Å². The Labute approximate surface area is 80.8 Å². The number of likely N-dealkylation sites (tertiary alicyclic amines) is 1. The van der Waals surface area contributed by atoms with Crippen LogP contribution < -0.4 is 0 Å². The number of halogens is 1. The topological polar surface area (TPSA) is 23.5 Å². The molecule has 2 nitrogen and oxygen atoms in total. The van der Waals surface area contributed by atoms with Crippen molar-refractivity contribution in [2.45, 2.75) is 38.3 Å². The van der Waals surface area contributed by atoms with E-state index in [9.17, 15) is 4.39 Å². The van der Waals surface area contributed by atoms with Crippen molar-refractivity contribution in [1.82, 2.24) is 4.90 Å². The highest BCUT2D eigenvalue weighted by Gasteiger charge is 2.33. The molecule has 0 aromatic heterocycles. The van der Waals surface area contributed by atoms with E-state index < -0.39 is 14.2 Å². The van der Waals surface area contributed by atoms with Crippen molar-refractivity contribution in [2.75, 3.05) is 19.3 Å². The average Bonchev–Trinajstić information content (AvgIpc) is 2.27. The predicted molar refractivity (Wildman–Crippen MR) is 55.3 cm³/mol. The average molecular weight is 205 g/mol. The van der Waals surface area contributed by atoms with E-state index in [1.165, 1.54) is 0 Å². The lowest BCUT2D eigenvalue weighted by atomic mass is 10.2. The van der Waals surface area contributed by atoms with Crippen LogP contribution in [0.5, 0.6) is 0 Å². The molecule has 78 valence electrons. The van der Waals surface area contributed by atoms with Gasteiger partial charge in [-0.3, -0.25) is 4.90 Å². The van der Waals surface area contributed by atoms with E-state index in [0.717, 1.165) is 6.17 Å². The first-order valence-electron chi connectivity index (χ1n) is 4.91. The molecular weight excluding hydrogens is 185 g/mol. The molecule has 1 rings (SSSR count). The van der Waals surface area contributed by atoms with Crippen LogP contribution in [-0.2, 0) is 0 Å². The quantitative estimate of drug-likeness (QED) is 0.701. The second-order valence-electron chi connectivity index (χ2n) is 5.16. The first kappa shape index (κ1) is 11.1. The third-order valence-corrected chi connectivity index (χ3v) is 3.72. The van der Waals surface area contributed by atoms with Gasteiger partial charge in [-0.25, -0.2) is 4.39 Å². The normalized spacial score (nSPS) is 31.2. The summed E-state index contributed by atoms with van der Waals surface area (Å²) < 4.78 is 13.0. The van der Waals surface area contributed by atoms with E-state index in [-0.39, 0.29) is 12.6 Å². The van der Waals surface area contributed by atoms with Gasteiger partial charge in [0.05, 0.1) is 14.7 Å². The summed E-state index contributed by atoms with van der Waals surface area (Å²) in [5.74, 6) is 0. The summed E-state index contributed by atoms with van der Waals surface area (Å²) in [7, 11) is -1.16. The van der Waals surface area contributed by atoms with Gasteiger partial charge in [-0.2, -0.15) is 0 Å². The van der Waals surface area contributed by atoms with E-state index in [2.05, 4.69) is 24.5 Å². The van der Waals surface area contributed by atoms with Crippen LogP contribution in [0.4, 0.5) is 4.39 Å². The lowest BCUT2D eigenvalue weighted by Gasteiger charge is -2.28. The Morgan fingerprint density at radius 2 is 2.08 bits per heavy atom. The van der Waals surface area contributed by atoms with Gasteiger partial charge in [-0.05, 0) is 12.6 Å². The summed E-state index contributed by atoms with van der Waals surface area (Å²) in [6.45, 7) is 7.44. The molecule has 2 atom stereocenters. The van der Waals surface area contributed by atoms with Gasteiger partial charge in [-0.15, -0.1) is 0 Å². The maximum Gasteiger partial charge on any atom is 0.114 e. The van der Waals surface area contributed by atoms with Gasteiger partial charge >= 0.3 is 0 Å². The van der Waals surface area contributed by atoms with Gasteiger partial charge in [0.15, 0.2) is 0 Å². The fourth-order valence-electron chi connectivity index (χ4n) is 1.92. The van der Waals surface area contributed by atoms with Gasteiger partial charge < -0.3 is 5.11 Å². The summed E-state index contributed by atoms with van der Waals surface area (Å²) in [5.41, 5.74) is 0. The van der Waals surface area contributed by atoms with Crippen molar-refractivity contribution in [3.63, 3.8) is 0 Å². The van der Waals surface area contributed by atoms with Crippen LogP contribution >= 0.6 is 0 Å². The number of hydrogen-bond acceptors (Lipinski definition) is 2. The molecule has 13 heavy (non-hydrogen) atoms. The smallest absolute Gasteiger partial charge is 0.114 e. The third kappa shape index (κ3) is 3.36. The van der Waals surface area contributed by atoms with E-state index >= 15 is 0 Å². The van der Waals surface area contributed by atoms with Crippen molar-refractivity contribution >= 4 is 8.07 Å². The highest BCUT2D eigenvalue weighted by molar-refractivity contribution is 6.76.